The smallest absolute Gasteiger partial charge is 0.253 e. The van der Waals surface area contributed by atoms with Crippen LogP contribution in [0.3, 0.4) is 0 Å². The lowest BCUT2D eigenvalue weighted by molar-refractivity contribution is 0.0909. The van der Waals surface area contributed by atoms with Gasteiger partial charge in [0.05, 0.1) is 11.3 Å². The Morgan fingerprint density at radius 3 is 2.54 bits per heavy atom. The van der Waals surface area contributed by atoms with Gasteiger partial charge in [0, 0.05) is 29.6 Å². The molecule has 1 amide bonds. The van der Waals surface area contributed by atoms with Crippen LogP contribution >= 0.6 is 0 Å². The number of carbonyl (C=O) groups excluding carboxylic acids is 2. The molecular weight excluding hydrogens is 309 g/mol. The van der Waals surface area contributed by atoms with E-state index in [1.807, 2.05) is 27.0 Å². The van der Waals surface area contributed by atoms with Gasteiger partial charge in [-0.1, -0.05) is 13.8 Å². The molecule has 1 aromatic heterocycles. The highest BCUT2D eigenvalue weighted by Gasteiger charge is 2.35. The highest BCUT2D eigenvalue weighted by atomic mass is 19.1. The number of amides is 1. The summed E-state index contributed by atoms with van der Waals surface area (Å²) in [5.41, 5.74) is 13.4. The Morgan fingerprint density at radius 1 is 1.29 bits per heavy atom. The number of primary amides is 1. The van der Waals surface area contributed by atoms with Crippen LogP contribution in [0.1, 0.15) is 52.2 Å². The van der Waals surface area contributed by atoms with Gasteiger partial charge in [-0.2, -0.15) is 0 Å². The molecule has 0 aliphatic heterocycles. The van der Waals surface area contributed by atoms with E-state index in [1.54, 1.807) is 4.57 Å². The van der Waals surface area contributed by atoms with Gasteiger partial charge in [0.15, 0.2) is 5.78 Å². The molecule has 1 heterocycles. The molecule has 0 saturated heterocycles. The summed E-state index contributed by atoms with van der Waals surface area (Å²) in [6.07, 6.45) is 2.99. The topological polar surface area (TPSA) is 91.1 Å². The number of ketones is 1. The van der Waals surface area contributed by atoms with Gasteiger partial charge < -0.3 is 16.0 Å². The van der Waals surface area contributed by atoms with Crippen LogP contribution in [-0.4, -0.2) is 16.3 Å². The predicted molar refractivity (Wildman–Crippen MR) is 89.8 cm³/mol. The fourth-order valence-electron chi connectivity index (χ4n) is 3.52. The average molecular weight is 329 g/mol. The van der Waals surface area contributed by atoms with Gasteiger partial charge in [0.2, 0.25) is 0 Å². The van der Waals surface area contributed by atoms with Crippen molar-refractivity contribution in [2.24, 2.45) is 11.1 Å². The fourth-order valence-corrected chi connectivity index (χ4v) is 3.52. The van der Waals surface area contributed by atoms with Gasteiger partial charge in [-0.3, -0.25) is 9.59 Å². The minimum Gasteiger partial charge on any atom is -0.398 e. The molecule has 3 rings (SSSR count). The van der Waals surface area contributed by atoms with E-state index in [0.717, 1.165) is 11.3 Å². The van der Waals surface area contributed by atoms with Gasteiger partial charge in [0.1, 0.15) is 5.82 Å². The fraction of sp³-hybridized carbons (Fsp3) is 0.333. The highest BCUT2D eigenvalue weighted by molar-refractivity contribution is 6.01. The van der Waals surface area contributed by atoms with Gasteiger partial charge >= 0.3 is 0 Å². The molecule has 0 atom stereocenters. The first kappa shape index (κ1) is 16.2. The first-order chi connectivity index (χ1) is 11.1. The van der Waals surface area contributed by atoms with Crippen molar-refractivity contribution in [3.63, 3.8) is 0 Å². The molecule has 126 valence electrons. The molecule has 5 nitrogen and oxygen atoms in total. The summed E-state index contributed by atoms with van der Waals surface area (Å²) in [7, 11) is 0. The predicted octanol–water partition coefficient (Wildman–Crippen LogP) is 2.76. The summed E-state index contributed by atoms with van der Waals surface area (Å²) in [6.45, 7) is 5.93. The third-order valence-corrected chi connectivity index (χ3v) is 4.49. The molecule has 0 radical (unpaired) electrons. The Morgan fingerprint density at radius 2 is 1.96 bits per heavy atom. The van der Waals surface area contributed by atoms with Crippen LogP contribution in [0.5, 0.6) is 0 Å². The van der Waals surface area contributed by atoms with Crippen LogP contribution in [0.2, 0.25) is 0 Å². The van der Waals surface area contributed by atoms with Crippen LogP contribution in [-0.2, 0) is 6.42 Å². The van der Waals surface area contributed by atoms with Gasteiger partial charge in [-0.15, -0.1) is 0 Å². The number of aromatic nitrogens is 1. The number of rotatable bonds is 2. The number of fused-ring (bicyclic) bond motifs is 1. The van der Waals surface area contributed by atoms with Crippen molar-refractivity contribution in [2.45, 2.75) is 33.6 Å². The zero-order valence-electron chi connectivity index (χ0n) is 13.9. The largest absolute Gasteiger partial charge is 0.398 e. The van der Waals surface area contributed by atoms with Gasteiger partial charge in [0.25, 0.3) is 5.91 Å². The number of carbonyl (C=O) groups is 2. The molecule has 1 aromatic carbocycles. The van der Waals surface area contributed by atoms with E-state index in [0.29, 0.717) is 24.1 Å². The van der Waals surface area contributed by atoms with Crippen LogP contribution in [0.25, 0.3) is 5.69 Å². The van der Waals surface area contributed by atoms with Crippen molar-refractivity contribution in [3.8, 4) is 5.69 Å². The maximum Gasteiger partial charge on any atom is 0.253 e. The number of halogens is 1. The molecular formula is C18H20FN3O2. The second-order valence-corrected chi connectivity index (χ2v) is 7.20. The van der Waals surface area contributed by atoms with Gasteiger partial charge in [-0.25, -0.2) is 4.39 Å². The minimum atomic E-state index is -0.904. The first-order valence-corrected chi connectivity index (χ1v) is 7.74. The average Bonchev–Trinajstić information content (AvgIpc) is 2.72. The van der Waals surface area contributed by atoms with E-state index in [1.165, 1.54) is 12.1 Å². The molecule has 4 N–H and O–H groups in total. The van der Waals surface area contributed by atoms with Crippen molar-refractivity contribution >= 4 is 17.4 Å². The van der Waals surface area contributed by atoms with E-state index < -0.39 is 11.7 Å². The Bertz CT molecular complexity index is 858. The van der Waals surface area contributed by atoms with Crippen LogP contribution < -0.4 is 11.5 Å². The number of Topliss-reactive ketones (excluding diaryl/α,β-unsaturated/α-hetero) is 1. The molecule has 6 heteroatoms. The second-order valence-electron chi connectivity index (χ2n) is 7.20. The zero-order chi connectivity index (χ0) is 17.8. The third-order valence-electron chi connectivity index (χ3n) is 4.49. The number of nitrogens with zero attached hydrogens (tertiary/aromatic N) is 1. The summed E-state index contributed by atoms with van der Waals surface area (Å²) < 4.78 is 16.0. The number of nitrogen functional groups attached to an aromatic ring is 1. The van der Waals surface area contributed by atoms with Crippen molar-refractivity contribution < 1.29 is 14.0 Å². The molecule has 1 aliphatic rings. The lowest BCUT2D eigenvalue weighted by atomic mass is 9.75. The van der Waals surface area contributed by atoms with E-state index in [9.17, 15) is 14.0 Å². The molecule has 0 saturated carbocycles. The molecule has 0 unspecified atom stereocenters. The molecule has 1 aliphatic carbocycles. The van der Waals surface area contributed by atoms with Crippen LogP contribution in [0.4, 0.5) is 10.1 Å². The SMILES string of the molecule is Cc1cn(-c2cc(N)c(C(N)=O)c(F)c2)c2c1C(=O)CC(C)(C)C2. The Balaban J connectivity index is 2.21. The third kappa shape index (κ3) is 2.48. The minimum absolute atomic E-state index is 0.0148. The number of anilines is 1. The monoisotopic (exact) mass is 329 g/mol. The summed E-state index contributed by atoms with van der Waals surface area (Å²) in [4.78, 5) is 23.8. The van der Waals surface area contributed by atoms with E-state index in [4.69, 9.17) is 11.5 Å². The van der Waals surface area contributed by atoms with Crippen molar-refractivity contribution in [1.29, 1.82) is 0 Å². The van der Waals surface area contributed by atoms with Gasteiger partial charge in [-0.05, 0) is 36.5 Å². The number of nitrogens with two attached hydrogens (primary N) is 2. The molecule has 24 heavy (non-hydrogen) atoms. The number of hydrogen-bond acceptors (Lipinski definition) is 3. The first-order valence-electron chi connectivity index (χ1n) is 7.74. The number of hydrogen-bond donors (Lipinski definition) is 2. The maximum atomic E-state index is 14.3. The standard InChI is InChI=1S/C18H20FN3O2/c1-9-8-22(13-6-18(2,3)7-14(23)15(9)13)10-4-11(19)16(17(21)24)12(20)5-10/h4-5,8H,6-7,20H2,1-3H3,(H2,21,24). The molecule has 2 aromatic rings. The maximum absolute atomic E-state index is 14.3. The van der Waals surface area contributed by atoms with E-state index in [2.05, 4.69) is 0 Å². The van der Waals surface area contributed by atoms with E-state index >= 15 is 0 Å². The number of aryl methyl sites for hydroxylation is 1. The highest BCUT2D eigenvalue weighted by Crippen LogP contribution is 2.38. The summed E-state index contributed by atoms with van der Waals surface area (Å²) in [5, 5.41) is 0. The van der Waals surface area contributed by atoms with Crippen molar-refractivity contribution in [3.05, 3.63) is 46.5 Å². The molecule has 0 fully saturated rings. The molecule has 0 spiro atoms. The molecule has 0 bridgehead atoms. The Hall–Kier alpha value is -2.63. The van der Waals surface area contributed by atoms with Crippen molar-refractivity contribution in [1.82, 2.24) is 4.57 Å². The normalized spacial score (nSPS) is 16.1. The van der Waals surface area contributed by atoms with Crippen LogP contribution in [0.15, 0.2) is 18.3 Å². The lowest BCUT2D eigenvalue weighted by Crippen LogP contribution is -2.28. The summed E-state index contributed by atoms with van der Waals surface area (Å²) in [5.74, 6) is -1.57. The second kappa shape index (κ2) is 5.19. The van der Waals surface area contributed by atoms with Crippen molar-refractivity contribution in [2.75, 3.05) is 5.73 Å². The Kier molecular flexibility index (Phi) is 3.51. The summed E-state index contributed by atoms with van der Waals surface area (Å²) in [6, 6.07) is 2.73. The van der Waals surface area contributed by atoms with E-state index in [-0.39, 0.29) is 22.4 Å². The number of benzene rings is 1. The quantitative estimate of drug-likeness (QED) is 0.830. The zero-order valence-corrected chi connectivity index (χ0v) is 13.9. The van der Waals surface area contributed by atoms with Crippen LogP contribution in [0, 0.1) is 18.2 Å². The Labute approximate surface area is 139 Å². The lowest BCUT2D eigenvalue weighted by Gasteiger charge is -2.30. The summed E-state index contributed by atoms with van der Waals surface area (Å²) >= 11 is 0.